The van der Waals surface area contributed by atoms with Crippen molar-refractivity contribution < 1.29 is 22.8 Å². The molecule has 3 N–H and O–H groups in total. The number of benzene rings is 2. The Morgan fingerprint density at radius 1 is 1.16 bits per heavy atom. The zero-order valence-electron chi connectivity index (χ0n) is 16.9. The van der Waals surface area contributed by atoms with Crippen LogP contribution in [0.15, 0.2) is 53.4 Å². The summed E-state index contributed by atoms with van der Waals surface area (Å²) in [5.74, 6) is -0.0393. The molecule has 2 aromatic rings. The van der Waals surface area contributed by atoms with Gasteiger partial charge in [0.1, 0.15) is 0 Å². The molecule has 2 aromatic carbocycles. The molecule has 31 heavy (non-hydrogen) atoms. The monoisotopic (exact) mass is 462 g/mol. The molecule has 0 bridgehead atoms. The van der Waals surface area contributed by atoms with Crippen LogP contribution >= 0.6 is 11.8 Å². The van der Waals surface area contributed by atoms with Gasteiger partial charge in [-0.05, 0) is 42.3 Å². The van der Waals surface area contributed by atoms with E-state index in [4.69, 9.17) is 5.14 Å². The minimum Gasteiger partial charge on any atom is -0.321 e. The summed E-state index contributed by atoms with van der Waals surface area (Å²) < 4.78 is 22.8. The van der Waals surface area contributed by atoms with Crippen molar-refractivity contribution in [2.45, 2.75) is 24.4 Å². The number of sulfonamides is 1. The van der Waals surface area contributed by atoms with Crippen LogP contribution in [-0.2, 0) is 21.4 Å². The van der Waals surface area contributed by atoms with Gasteiger partial charge >= 0.3 is 6.03 Å². The largest absolute Gasteiger partial charge is 0.322 e. The number of nitrogens with one attached hydrogen (secondary N) is 1. The van der Waals surface area contributed by atoms with Gasteiger partial charge in [0, 0.05) is 12.7 Å². The lowest BCUT2D eigenvalue weighted by Gasteiger charge is -2.26. The van der Waals surface area contributed by atoms with Crippen LogP contribution < -0.4 is 10.5 Å². The average molecular weight is 463 g/mol. The normalized spacial score (nSPS) is 15.1. The van der Waals surface area contributed by atoms with E-state index in [-0.39, 0.29) is 40.4 Å². The lowest BCUT2D eigenvalue weighted by Crippen LogP contribution is -2.33. The van der Waals surface area contributed by atoms with Crippen LogP contribution in [-0.4, -0.2) is 48.2 Å². The SMILES string of the molecule is CC(c1ccc(S(N)(=O)=O)cc1)N(C)C(=O)Nc1ccc(CN2C(=O)CSC2=O)cc1. The molecule has 0 radical (unpaired) electrons. The maximum Gasteiger partial charge on any atom is 0.322 e. The van der Waals surface area contributed by atoms with Crippen molar-refractivity contribution in [3.63, 3.8) is 0 Å². The summed E-state index contributed by atoms with van der Waals surface area (Å²) in [4.78, 5) is 38.7. The summed E-state index contributed by atoms with van der Waals surface area (Å²) in [5, 5.41) is 7.64. The van der Waals surface area contributed by atoms with Crippen LogP contribution in [0.5, 0.6) is 0 Å². The van der Waals surface area contributed by atoms with E-state index in [0.29, 0.717) is 5.69 Å². The number of rotatable bonds is 6. The molecule has 0 aliphatic carbocycles. The molecule has 3 rings (SSSR count). The molecule has 164 valence electrons. The topological polar surface area (TPSA) is 130 Å². The van der Waals surface area contributed by atoms with E-state index in [9.17, 15) is 22.8 Å². The number of thioether (sulfide) groups is 1. The van der Waals surface area contributed by atoms with Gasteiger partial charge in [0.25, 0.3) is 5.24 Å². The Labute approximate surface area is 184 Å². The van der Waals surface area contributed by atoms with Gasteiger partial charge in [0.2, 0.25) is 15.9 Å². The van der Waals surface area contributed by atoms with Crippen molar-refractivity contribution in [2.24, 2.45) is 5.14 Å². The van der Waals surface area contributed by atoms with Gasteiger partial charge in [-0.15, -0.1) is 0 Å². The van der Waals surface area contributed by atoms with Gasteiger partial charge in [-0.25, -0.2) is 18.4 Å². The number of anilines is 1. The summed E-state index contributed by atoms with van der Waals surface area (Å²) in [6, 6.07) is 12.2. The van der Waals surface area contributed by atoms with Crippen molar-refractivity contribution in [1.29, 1.82) is 0 Å². The second-order valence-corrected chi connectivity index (χ2v) is 9.55. The molecule has 0 spiro atoms. The van der Waals surface area contributed by atoms with E-state index < -0.39 is 10.0 Å². The summed E-state index contributed by atoms with van der Waals surface area (Å²) in [5.41, 5.74) is 2.09. The van der Waals surface area contributed by atoms with Crippen LogP contribution in [0.3, 0.4) is 0 Å². The third kappa shape index (κ3) is 5.43. The Balaban J connectivity index is 1.61. The molecule has 1 saturated heterocycles. The number of urea groups is 1. The van der Waals surface area contributed by atoms with Crippen molar-refractivity contribution in [3.8, 4) is 0 Å². The fraction of sp³-hybridized carbons (Fsp3) is 0.250. The highest BCUT2D eigenvalue weighted by molar-refractivity contribution is 8.14. The zero-order valence-corrected chi connectivity index (χ0v) is 18.6. The molecular weight excluding hydrogens is 440 g/mol. The summed E-state index contributed by atoms with van der Waals surface area (Å²) in [6.45, 7) is 2.01. The quantitative estimate of drug-likeness (QED) is 0.679. The second-order valence-electron chi connectivity index (χ2n) is 7.06. The van der Waals surface area contributed by atoms with E-state index >= 15 is 0 Å². The van der Waals surface area contributed by atoms with Gasteiger partial charge in [-0.2, -0.15) is 0 Å². The molecule has 1 fully saturated rings. The molecule has 4 amide bonds. The van der Waals surface area contributed by atoms with Gasteiger partial charge < -0.3 is 10.2 Å². The minimum absolute atomic E-state index is 0.00608. The Morgan fingerprint density at radius 2 is 1.77 bits per heavy atom. The predicted octanol–water partition coefficient (Wildman–Crippen LogP) is 2.75. The fourth-order valence-corrected chi connectivity index (χ4v) is 4.20. The van der Waals surface area contributed by atoms with E-state index in [1.807, 2.05) is 6.92 Å². The number of nitrogens with two attached hydrogens (primary N) is 1. The highest BCUT2D eigenvalue weighted by Gasteiger charge is 2.29. The average Bonchev–Trinajstić information content (AvgIpc) is 3.05. The smallest absolute Gasteiger partial charge is 0.321 e. The fourth-order valence-electron chi connectivity index (χ4n) is 2.96. The lowest BCUT2D eigenvalue weighted by atomic mass is 10.1. The second kappa shape index (κ2) is 9.08. The van der Waals surface area contributed by atoms with E-state index in [2.05, 4.69) is 5.32 Å². The number of carbonyl (C=O) groups is 3. The van der Waals surface area contributed by atoms with Crippen LogP contribution in [0, 0.1) is 0 Å². The zero-order chi connectivity index (χ0) is 22.8. The molecule has 1 aliphatic rings. The number of carbonyl (C=O) groups excluding carboxylic acids is 3. The minimum atomic E-state index is -3.77. The lowest BCUT2D eigenvalue weighted by molar-refractivity contribution is -0.125. The first-order chi connectivity index (χ1) is 14.6. The van der Waals surface area contributed by atoms with Gasteiger partial charge in [0.05, 0.1) is 23.2 Å². The predicted molar refractivity (Wildman–Crippen MR) is 118 cm³/mol. The highest BCUT2D eigenvalue weighted by Crippen LogP contribution is 2.23. The third-order valence-corrected chi connectivity index (χ3v) is 6.77. The van der Waals surface area contributed by atoms with Gasteiger partial charge in [0.15, 0.2) is 0 Å². The number of primary sulfonamides is 1. The molecule has 11 heteroatoms. The maximum atomic E-state index is 12.6. The molecule has 0 aromatic heterocycles. The van der Waals surface area contributed by atoms with E-state index in [1.54, 1.807) is 43.4 Å². The first kappa shape index (κ1) is 22.8. The third-order valence-electron chi connectivity index (χ3n) is 4.98. The Bertz CT molecular complexity index is 1090. The summed E-state index contributed by atoms with van der Waals surface area (Å²) in [6.07, 6.45) is 0. The van der Waals surface area contributed by atoms with Crippen molar-refractivity contribution in [2.75, 3.05) is 18.1 Å². The number of amides is 4. The molecule has 1 heterocycles. The Kier molecular flexibility index (Phi) is 6.68. The molecule has 9 nitrogen and oxygen atoms in total. The van der Waals surface area contributed by atoms with Crippen LogP contribution in [0.2, 0.25) is 0 Å². The highest BCUT2D eigenvalue weighted by atomic mass is 32.2. The van der Waals surface area contributed by atoms with Crippen LogP contribution in [0.4, 0.5) is 15.3 Å². The van der Waals surface area contributed by atoms with Gasteiger partial charge in [-0.3, -0.25) is 14.5 Å². The van der Waals surface area contributed by atoms with E-state index in [1.165, 1.54) is 21.9 Å². The maximum absolute atomic E-state index is 12.6. The Morgan fingerprint density at radius 3 is 2.29 bits per heavy atom. The van der Waals surface area contributed by atoms with Crippen molar-refractivity contribution in [3.05, 3.63) is 59.7 Å². The number of nitrogens with zero attached hydrogens (tertiary/aromatic N) is 2. The Hall–Kier alpha value is -2.89. The molecule has 1 unspecified atom stereocenters. The van der Waals surface area contributed by atoms with Crippen molar-refractivity contribution in [1.82, 2.24) is 9.80 Å². The summed E-state index contributed by atoms with van der Waals surface area (Å²) >= 11 is 0.989. The van der Waals surface area contributed by atoms with Gasteiger partial charge in [-0.1, -0.05) is 36.0 Å². The molecule has 1 atom stereocenters. The first-order valence-electron chi connectivity index (χ1n) is 9.29. The van der Waals surface area contributed by atoms with Crippen LogP contribution in [0.25, 0.3) is 0 Å². The number of hydrogen-bond donors (Lipinski definition) is 2. The number of imide groups is 1. The molecular formula is C20H22N4O5S2. The molecule has 1 aliphatic heterocycles. The van der Waals surface area contributed by atoms with Crippen LogP contribution in [0.1, 0.15) is 24.1 Å². The molecule has 0 saturated carbocycles. The van der Waals surface area contributed by atoms with Crippen molar-refractivity contribution >= 4 is 44.7 Å². The standard InChI is InChI=1S/C20H22N4O5S2/c1-13(15-5-9-17(10-6-15)31(21,28)29)23(2)19(26)22-16-7-3-14(4-8-16)11-24-18(25)12-30-20(24)27/h3-10,13H,11-12H2,1-2H3,(H,22,26)(H2,21,28,29). The van der Waals surface area contributed by atoms with E-state index in [0.717, 1.165) is 22.9 Å². The first-order valence-corrected chi connectivity index (χ1v) is 11.8. The number of hydrogen-bond acceptors (Lipinski definition) is 6. The summed E-state index contributed by atoms with van der Waals surface area (Å²) in [7, 11) is -2.15.